The van der Waals surface area contributed by atoms with Crippen LogP contribution in [0.1, 0.15) is 35.0 Å². The minimum atomic E-state index is -5.09. The Kier molecular flexibility index (Phi) is 4.28. The number of rotatable bonds is 3. The molecule has 0 fully saturated rings. The lowest BCUT2D eigenvalue weighted by molar-refractivity contribution is -0.143. The first-order valence-corrected chi connectivity index (χ1v) is 5.01. The maximum absolute atomic E-state index is 12.7. The summed E-state index contributed by atoms with van der Waals surface area (Å²) in [4.78, 5) is 14.2. The lowest BCUT2D eigenvalue weighted by Crippen LogP contribution is -2.18. The normalized spacial score (nSPS) is 11.7. The fourth-order valence-corrected chi connectivity index (χ4v) is 1.36. The van der Waals surface area contributed by atoms with E-state index in [1.54, 1.807) is 0 Å². The highest BCUT2D eigenvalue weighted by Crippen LogP contribution is 2.38. The Morgan fingerprint density at radius 3 is 2.47 bits per heavy atom. The summed E-state index contributed by atoms with van der Waals surface area (Å²) in [6.45, 7) is 1.36. The van der Waals surface area contributed by atoms with Crippen molar-refractivity contribution in [2.75, 3.05) is 12.3 Å². The van der Waals surface area contributed by atoms with Crippen LogP contribution in [0.4, 0.5) is 27.6 Å². The van der Waals surface area contributed by atoms with Crippen molar-refractivity contribution in [1.82, 2.24) is 4.98 Å². The molecule has 0 saturated carbocycles. The maximum atomic E-state index is 12.7. The van der Waals surface area contributed by atoms with Crippen molar-refractivity contribution in [3.63, 3.8) is 0 Å². The Labute approximate surface area is 104 Å². The van der Waals surface area contributed by atoms with Gasteiger partial charge in [-0.05, 0) is 6.92 Å². The number of ether oxygens (including phenoxy) is 1. The SMILES string of the molecule is CCOC(=O)c1cnc(C(F)(F)F)c(C(F)F)c1N. The number of esters is 1. The Morgan fingerprint density at radius 1 is 1.47 bits per heavy atom. The first kappa shape index (κ1) is 15.1. The molecule has 0 aliphatic carbocycles. The van der Waals surface area contributed by atoms with Crippen LogP contribution in [-0.2, 0) is 10.9 Å². The molecular weight excluding hydrogens is 275 g/mol. The molecule has 0 atom stereocenters. The van der Waals surface area contributed by atoms with Crippen LogP contribution in [0.2, 0.25) is 0 Å². The molecule has 1 rings (SSSR count). The van der Waals surface area contributed by atoms with E-state index in [2.05, 4.69) is 9.72 Å². The van der Waals surface area contributed by atoms with E-state index < -0.39 is 41.1 Å². The summed E-state index contributed by atoms with van der Waals surface area (Å²) in [5, 5.41) is 0. The molecule has 19 heavy (non-hydrogen) atoms. The molecule has 0 bridgehead atoms. The number of nitrogens with two attached hydrogens (primary N) is 1. The van der Waals surface area contributed by atoms with Gasteiger partial charge in [-0.1, -0.05) is 0 Å². The summed E-state index contributed by atoms with van der Waals surface area (Å²) in [6.07, 6.45) is -8.13. The van der Waals surface area contributed by atoms with Gasteiger partial charge in [-0.2, -0.15) is 13.2 Å². The summed E-state index contributed by atoms with van der Waals surface area (Å²) >= 11 is 0. The Bertz CT molecular complexity index is 488. The van der Waals surface area contributed by atoms with Crippen LogP contribution in [-0.4, -0.2) is 17.6 Å². The van der Waals surface area contributed by atoms with Crippen LogP contribution >= 0.6 is 0 Å². The third kappa shape index (κ3) is 3.09. The first-order chi connectivity index (χ1) is 8.70. The topological polar surface area (TPSA) is 65.2 Å². The number of carbonyl (C=O) groups excluding carboxylic acids is 1. The van der Waals surface area contributed by atoms with E-state index in [0.717, 1.165) is 0 Å². The van der Waals surface area contributed by atoms with Crippen molar-refractivity contribution < 1.29 is 31.5 Å². The summed E-state index contributed by atoms with van der Waals surface area (Å²) in [6, 6.07) is 0. The number of alkyl halides is 5. The number of carbonyl (C=O) groups is 1. The monoisotopic (exact) mass is 284 g/mol. The minimum Gasteiger partial charge on any atom is -0.462 e. The molecule has 106 valence electrons. The maximum Gasteiger partial charge on any atom is 0.433 e. The van der Waals surface area contributed by atoms with Crippen molar-refractivity contribution in [3.8, 4) is 0 Å². The van der Waals surface area contributed by atoms with E-state index in [9.17, 15) is 26.7 Å². The lowest BCUT2D eigenvalue weighted by Gasteiger charge is -2.15. The Hall–Kier alpha value is -1.93. The van der Waals surface area contributed by atoms with Gasteiger partial charge in [0.25, 0.3) is 6.43 Å². The van der Waals surface area contributed by atoms with E-state index in [1.165, 1.54) is 6.92 Å². The highest BCUT2D eigenvalue weighted by molar-refractivity contribution is 5.95. The van der Waals surface area contributed by atoms with Gasteiger partial charge in [-0.3, -0.25) is 4.98 Å². The molecule has 0 radical (unpaired) electrons. The number of hydrogen-bond acceptors (Lipinski definition) is 4. The second-order valence-electron chi connectivity index (χ2n) is 3.37. The van der Waals surface area contributed by atoms with E-state index in [1.807, 2.05) is 0 Å². The molecule has 1 aromatic heterocycles. The van der Waals surface area contributed by atoms with Crippen LogP contribution in [0.15, 0.2) is 6.20 Å². The van der Waals surface area contributed by atoms with E-state index in [-0.39, 0.29) is 6.61 Å². The number of anilines is 1. The van der Waals surface area contributed by atoms with E-state index in [0.29, 0.717) is 6.20 Å². The Balaban J connectivity index is 3.44. The van der Waals surface area contributed by atoms with E-state index in [4.69, 9.17) is 5.73 Å². The van der Waals surface area contributed by atoms with Gasteiger partial charge in [0.15, 0.2) is 5.69 Å². The molecule has 0 aliphatic heterocycles. The van der Waals surface area contributed by atoms with Crippen molar-refractivity contribution >= 4 is 11.7 Å². The number of nitrogen functional groups attached to an aromatic ring is 1. The number of aromatic nitrogens is 1. The van der Waals surface area contributed by atoms with Crippen molar-refractivity contribution in [2.24, 2.45) is 0 Å². The van der Waals surface area contributed by atoms with Crippen LogP contribution in [0.25, 0.3) is 0 Å². The summed E-state index contributed by atoms with van der Waals surface area (Å²) in [5.74, 6) is -1.11. The van der Waals surface area contributed by atoms with Crippen molar-refractivity contribution in [1.29, 1.82) is 0 Å². The molecular formula is C10H9F5N2O2. The molecule has 0 saturated heterocycles. The van der Waals surface area contributed by atoms with Gasteiger partial charge in [0, 0.05) is 6.20 Å². The average molecular weight is 284 g/mol. The highest BCUT2D eigenvalue weighted by atomic mass is 19.4. The summed E-state index contributed by atoms with van der Waals surface area (Å²) < 4.78 is 67.3. The number of nitrogens with zero attached hydrogens (tertiary/aromatic N) is 1. The zero-order valence-electron chi connectivity index (χ0n) is 9.59. The summed E-state index contributed by atoms with van der Waals surface area (Å²) in [7, 11) is 0. The molecule has 0 amide bonds. The van der Waals surface area contributed by atoms with E-state index >= 15 is 0 Å². The average Bonchev–Trinajstić information content (AvgIpc) is 2.26. The largest absolute Gasteiger partial charge is 0.462 e. The van der Waals surface area contributed by atoms with Crippen molar-refractivity contribution in [2.45, 2.75) is 19.5 Å². The predicted octanol–water partition coefficient (Wildman–Crippen LogP) is 2.80. The van der Waals surface area contributed by atoms with Gasteiger partial charge < -0.3 is 10.5 Å². The third-order valence-electron chi connectivity index (χ3n) is 2.14. The zero-order chi connectivity index (χ0) is 14.8. The molecule has 0 unspecified atom stereocenters. The molecule has 1 aromatic rings. The van der Waals surface area contributed by atoms with Crippen molar-refractivity contribution in [3.05, 3.63) is 23.0 Å². The Morgan fingerprint density at radius 2 is 2.05 bits per heavy atom. The number of pyridine rings is 1. The smallest absolute Gasteiger partial charge is 0.433 e. The van der Waals surface area contributed by atoms with Gasteiger partial charge in [0.2, 0.25) is 0 Å². The zero-order valence-corrected chi connectivity index (χ0v) is 9.59. The highest BCUT2D eigenvalue weighted by Gasteiger charge is 2.40. The van der Waals surface area contributed by atoms with Gasteiger partial charge >= 0.3 is 12.1 Å². The van der Waals surface area contributed by atoms with Gasteiger partial charge in [0.05, 0.1) is 17.9 Å². The quantitative estimate of drug-likeness (QED) is 0.684. The van der Waals surface area contributed by atoms with Gasteiger partial charge in [-0.15, -0.1) is 0 Å². The third-order valence-corrected chi connectivity index (χ3v) is 2.14. The summed E-state index contributed by atoms with van der Waals surface area (Å²) in [5.41, 5.74) is 0.268. The lowest BCUT2D eigenvalue weighted by atomic mass is 10.1. The molecule has 0 aliphatic rings. The molecule has 4 nitrogen and oxygen atoms in total. The van der Waals surface area contributed by atoms with Crippen LogP contribution in [0.5, 0.6) is 0 Å². The molecule has 1 heterocycles. The molecule has 0 spiro atoms. The van der Waals surface area contributed by atoms with Gasteiger partial charge in [0.1, 0.15) is 5.56 Å². The molecule has 0 aromatic carbocycles. The van der Waals surface area contributed by atoms with Crippen LogP contribution < -0.4 is 5.73 Å². The fraction of sp³-hybridized carbons (Fsp3) is 0.400. The standard InChI is InChI=1S/C10H9F5N2O2/c1-2-19-9(18)4-3-17-7(10(13,14)15)5(6(4)16)8(11)12/h3,8H,2H2,1H3,(H2,16,17). The predicted molar refractivity (Wildman–Crippen MR) is 54.6 cm³/mol. The first-order valence-electron chi connectivity index (χ1n) is 5.01. The van der Waals surface area contributed by atoms with Crippen LogP contribution in [0, 0.1) is 0 Å². The second kappa shape index (κ2) is 5.37. The van der Waals surface area contributed by atoms with Crippen LogP contribution in [0.3, 0.4) is 0 Å². The number of halogens is 5. The fourth-order valence-electron chi connectivity index (χ4n) is 1.36. The second-order valence-corrected chi connectivity index (χ2v) is 3.37. The number of hydrogen-bond donors (Lipinski definition) is 1. The molecule has 2 N–H and O–H groups in total. The van der Waals surface area contributed by atoms with Gasteiger partial charge in [-0.25, -0.2) is 13.6 Å². The minimum absolute atomic E-state index is 0.0801. The molecule has 9 heteroatoms.